The first-order valence-corrected chi connectivity index (χ1v) is 11.0. The summed E-state index contributed by atoms with van der Waals surface area (Å²) in [6.45, 7) is 4.28. The van der Waals surface area contributed by atoms with Gasteiger partial charge in [0, 0.05) is 27.2 Å². The van der Waals surface area contributed by atoms with Crippen LogP contribution < -0.4 is 5.32 Å². The SMILES string of the molecule is CC1(C)Cc2c(sc(=S)n2-c2ccccc2)-c2c1sc(NC(=O)CC#N)c2C#N. The molecule has 0 atom stereocenters. The van der Waals surface area contributed by atoms with Gasteiger partial charge in [-0.2, -0.15) is 10.5 Å². The predicted octanol–water partition coefficient (Wildman–Crippen LogP) is 5.55. The zero-order valence-corrected chi connectivity index (χ0v) is 18.2. The van der Waals surface area contributed by atoms with Crippen molar-refractivity contribution in [1.29, 1.82) is 10.5 Å². The molecule has 2 heterocycles. The lowest BCUT2D eigenvalue weighted by atomic mass is 9.78. The summed E-state index contributed by atoms with van der Waals surface area (Å²) in [7, 11) is 0. The summed E-state index contributed by atoms with van der Waals surface area (Å²) in [5, 5.41) is 21.9. The molecule has 0 bridgehead atoms. The minimum atomic E-state index is -0.407. The van der Waals surface area contributed by atoms with Crippen LogP contribution in [0.1, 0.15) is 36.4 Å². The van der Waals surface area contributed by atoms with Crippen LogP contribution in [0.3, 0.4) is 0 Å². The van der Waals surface area contributed by atoms with E-state index in [4.69, 9.17) is 17.5 Å². The quantitative estimate of drug-likeness (QED) is 0.545. The van der Waals surface area contributed by atoms with Crippen molar-refractivity contribution >= 4 is 45.8 Å². The number of nitrogens with one attached hydrogen (secondary N) is 1. The van der Waals surface area contributed by atoms with Gasteiger partial charge in [0.15, 0.2) is 3.95 Å². The van der Waals surface area contributed by atoms with Gasteiger partial charge in [0.25, 0.3) is 0 Å². The Morgan fingerprint density at radius 2 is 2.00 bits per heavy atom. The first-order valence-electron chi connectivity index (χ1n) is 8.92. The van der Waals surface area contributed by atoms with E-state index in [-0.39, 0.29) is 11.8 Å². The maximum atomic E-state index is 12.0. The molecular formula is C21H16N4OS3. The number of thiazole rings is 1. The number of rotatable bonds is 3. The zero-order valence-electron chi connectivity index (χ0n) is 15.8. The molecule has 0 saturated heterocycles. The smallest absolute Gasteiger partial charge is 0.239 e. The summed E-state index contributed by atoms with van der Waals surface area (Å²) in [5.41, 5.74) is 3.18. The van der Waals surface area contributed by atoms with Gasteiger partial charge >= 0.3 is 0 Å². The van der Waals surface area contributed by atoms with E-state index >= 15 is 0 Å². The van der Waals surface area contributed by atoms with E-state index in [1.54, 1.807) is 0 Å². The normalized spacial score (nSPS) is 13.7. The molecule has 1 aliphatic rings. The maximum absolute atomic E-state index is 12.0. The van der Waals surface area contributed by atoms with Crippen LogP contribution in [0.15, 0.2) is 30.3 Å². The summed E-state index contributed by atoms with van der Waals surface area (Å²) in [6, 6.07) is 14.1. The fourth-order valence-corrected chi connectivity index (χ4v) is 6.53. The second-order valence-corrected chi connectivity index (χ2v) is 10.0. The van der Waals surface area contributed by atoms with Gasteiger partial charge in [-0.05, 0) is 30.8 Å². The van der Waals surface area contributed by atoms with Gasteiger partial charge in [0.2, 0.25) is 5.91 Å². The van der Waals surface area contributed by atoms with Crippen LogP contribution in [0.25, 0.3) is 16.1 Å². The molecule has 5 nitrogen and oxygen atoms in total. The number of fused-ring (bicyclic) bond motifs is 3. The van der Waals surface area contributed by atoms with Crippen LogP contribution in [0.5, 0.6) is 0 Å². The van der Waals surface area contributed by atoms with Crippen LogP contribution >= 0.6 is 34.9 Å². The van der Waals surface area contributed by atoms with Crippen LogP contribution in [0.4, 0.5) is 5.00 Å². The third-order valence-corrected chi connectivity index (χ3v) is 7.79. The van der Waals surface area contributed by atoms with Gasteiger partial charge in [-0.25, -0.2) is 0 Å². The number of benzene rings is 1. The van der Waals surface area contributed by atoms with Crippen molar-refractivity contribution in [1.82, 2.24) is 4.57 Å². The minimum Gasteiger partial charge on any atom is -0.316 e. The average molecular weight is 437 g/mol. The molecule has 0 saturated carbocycles. The highest BCUT2D eigenvalue weighted by atomic mass is 32.1. The van der Waals surface area contributed by atoms with Crippen LogP contribution in [-0.4, -0.2) is 10.5 Å². The average Bonchev–Trinajstić information content (AvgIpc) is 3.20. The van der Waals surface area contributed by atoms with Crippen molar-refractivity contribution in [2.75, 3.05) is 5.32 Å². The van der Waals surface area contributed by atoms with E-state index in [2.05, 4.69) is 29.8 Å². The molecule has 2 aromatic heterocycles. The van der Waals surface area contributed by atoms with Crippen LogP contribution in [-0.2, 0) is 16.6 Å². The van der Waals surface area contributed by atoms with Crippen molar-refractivity contribution in [2.24, 2.45) is 0 Å². The number of anilines is 1. The number of nitriles is 2. The largest absolute Gasteiger partial charge is 0.316 e. The number of nitrogens with zero attached hydrogens (tertiary/aromatic N) is 3. The molecule has 1 amide bonds. The molecule has 144 valence electrons. The number of hydrogen-bond donors (Lipinski definition) is 1. The Kier molecular flexibility index (Phi) is 4.87. The number of aromatic nitrogens is 1. The van der Waals surface area contributed by atoms with Gasteiger partial charge in [-0.3, -0.25) is 9.36 Å². The van der Waals surface area contributed by atoms with Gasteiger partial charge in [0.1, 0.15) is 17.5 Å². The van der Waals surface area contributed by atoms with E-state index in [1.165, 1.54) is 22.7 Å². The lowest BCUT2D eigenvalue weighted by molar-refractivity contribution is -0.115. The maximum Gasteiger partial charge on any atom is 0.239 e. The summed E-state index contributed by atoms with van der Waals surface area (Å²) >= 11 is 8.61. The molecule has 1 N–H and O–H groups in total. The summed E-state index contributed by atoms with van der Waals surface area (Å²) in [4.78, 5) is 14.0. The van der Waals surface area contributed by atoms with Crippen molar-refractivity contribution in [2.45, 2.75) is 32.1 Å². The lowest BCUT2D eigenvalue weighted by Crippen LogP contribution is -2.25. The molecule has 0 radical (unpaired) electrons. The number of amides is 1. The Hall–Kier alpha value is -2.78. The lowest BCUT2D eigenvalue weighted by Gasteiger charge is -2.30. The topological polar surface area (TPSA) is 81.6 Å². The van der Waals surface area contributed by atoms with Crippen molar-refractivity contribution in [3.63, 3.8) is 0 Å². The highest BCUT2D eigenvalue weighted by Crippen LogP contribution is 2.53. The molecule has 8 heteroatoms. The number of hydrogen-bond acceptors (Lipinski definition) is 6. The molecule has 1 aromatic carbocycles. The molecule has 0 fully saturated rings. The summed E-state index contributed by atoms with van der Waals surface area (Å²) in [6.07, 6.45) is 0.528. The molecule has 29 heavy (non-hydrogen) atoms. The van der Waals surface area contributed by atoms with Gasteiger partial charge in [0.05, 0.1) is 16.5 Å². The van der Waals surface area contributed by atoms with Crippen molar-refractivity contribution < 1.29 is 4.79 Å². The fraction of sp³-hybridized carbons (Fsp3) is 0.238. The molecule has 0 aliphatic heterocycles. The first-order chi connectivity index (χ1) is 13.9. The van der Waals surface area contributed by atoms with Gasteiger partial charge in [-0.1, -0.05) is 32.0 Å². The van der Waals surface area contributed by atoms with Gasteiger partial charge < -0.3 is 5.32 Å². The molecule has 0 spiro atoms. The Balaban J connectivity index is 1.96. The van der Waals surface area contributed by atoms with Crippen molar-refractivity contribution in [3.8, 4) is 28.3 Å². The predicted molar refractivity (Wildman–Crippen MR) is 118 cm³/mol. The Bertz CT molecular complexity index is 1270. The third-order valence-electron chi connectivity index (χ3n) is 4.88. The van der Waals surface area contributed by atoms with Crippen LogP contribution in [0, 0.1) is 26.6 Å². The number of para-hydroxylation sites is 1. The van der Waals surface area contributed by atoms with E-state index < -0.39 is 5.91 Å². The minimum absolute atomic E-state index is 0.226. The van der Waals surface area contributed by atoms with E-state index in [9.17, 15) is 10.1 Å². The second-order valence-electron chi connectivity index (χ2n) is 7.38. The van der Waals surface area contributed by atoms with Crippen LogP contribution in [0.2, 0.25) is 0 Å². The van der Waals surface area contributed by atoms with Gasteiger partial charge in [-0.15, -0.1) is 22.7 Å². The van der Waals surface area contributed by atoms with E-state index in [0.29, 0.717) is 10.6 Å². The Morgan fingerprint density at radius 3 is 2.66 bits per heavy atom. The first kappa shape index (κ1) is 19.5. The highest BCUT2D eigenvalue weighted by molar-refractivity contribution is 7.73. The molecule has 0 unspecified atom stereocenters. The van der Waals surface area contributed by atoms with Crippen molar-refractivity contribution in [3.05, 3.63) is 50.4 Å². The fourth-order valence-electron chi connectivity index (χ4n) is 3.66. The molecule has 3 aromatic rings. The van der Waals surface area contributed by atoms with E-state index in [1.807, 2.05) is 36.4 Å². The highest BCUT2D eigenvalue weighted by Gasteiger charge is 2.39. The number of thiophene rings is 1. The molecular weight excluding hydrogens is 420 g/mol. The monoisotopic (exact) mass is 436 g/mol. The number of carbonyl (C=O) groups excluding carboxylic acids is 1. The Labute approximate surface area is 181 Å². The standard InChI is InChI=1S/C21H16N4OS3/c1-21(2)10-14-17(28-20(27)25(14)12-6-4-3-5-7-12)16-13(11-23)19(29-18(16)21)24-15(26)8-9-22/h3-7H,8,10H2,1-2H3,(H,24,26). The number of carbonyl (C=O) groups is 1. The third kappa shape index (κ3) is 3.20. The molecule has 4 rings (SSSR count). The van der Waals surface area contributed by atoms with E-state index in [0.717, 1.165) is 37.1 Å². The second kappa shape index (κ2) is 7.23. The summed E-state index contributed by atoms with van der Waals surface area (Å²) in [5.74, 6) is -0.407. The summed E-state index contributed by atoms with van der Waals surface area (Å²) < 4.78 is 2.82. The molecule has 1 aliphatic carbocycles. The zero-order chi connectivity index (χ0) is 20.8. The Morgan fingerprint density at radius 1 is 1.28 bits per heavy atom.